The van der Waals surface area contributed by atoms with Gasteiger partial charge < -0.3 is 10.4 Å². The van der Waals surface area contributed by atoms with Crippen molar-refractivity contribution in [1.29, 1.82) is 0 Å². The van der Waals surface area contributed by atoms with Gasteiger partial charge in [0.05, 0.1) is 11.8 Å². The Balaban J connectivity index is 1.54. The lowest BCUT2D eigenvalue weighted by Crippen LogP contribution is -2.40. The van der Waals surface area contributed by atoms with E-state index in [1.165, 1.54) is 18.4 Å². The molecule has 3 aliphatic carbocycles. The van der Waals surface area contributed by atoms with Crippen LogP contribution in [0, 0.1) is 23.7 Å². The van der Waals surface area contributed by atoms with E-state index in [-0.39, 0.29) is 23.7 Å². The topological polar surface area (TPSA) is 66.4 Å². The van der Waals surface area contributed by atoms with Crippen LogP contribution >= 0.6 is 0 Å². The Bertz CT molecular complexity index is 494. The van der Waals surface area contributed by atoms with E-state index in [1.54, 1.807) is 0 Å². The molecule has 1 fully saturated rings. The van der Waals surface area contributed by atoms with Crippen LogP contribution in [0.3, 0.4) is 0 Å². The molecule has 2 N–H and O–H groups in total. The van der Waals surface area contributed by atoms with Gasteiger partial charge in [0, 0.05) is 6.54 Å². The quantitative estimate of drug-likeness (QED) is 0.764. The van der Waals surface area contributed by atoms with Crippen LogP contribution in [0.5, 0.6) is 0 Å². The van der Waals surface area contributed by atoms with Gasteiger partial charge in [-0.25, -0.2) is 0 Å². The van der Waals surface area contributed by atoms with Gasteiger partial charge in [-0.3, -0.25) is 9.59 Å². The maximum absolute atomic E-state index is 12.4. The third-order valence-electron chi connectivity index (χ3n) is 5.18. The average molecular weight is 289 g/mol. The van der Waals surface area contributed by atoms with Crippen molar-refractivity contribution in [2.45, 2.75) is 38.5 Å². The summed E-state index contributed by atoms with van der Waals surface area (Å²) in [6.45, 7) is 0.634. The van der Waals surface area contributed by atoms with E-state index in [9.17, 15) is 14.7 Å². The smallest absolute Gasteiger partial charge is 0.307 e. The molecule has 21 heavy (non-hydrogen) atoms. The van der Waals surface area contributed by atoms with Crippen molar-refractivity contribution >= 4 is 11.9 Å². The second-order valence-corrected chi connectivity index (χ2v) is 6.49. The Hall–Kier alpha value is -1.58. The third-order valence-corrected chi connectivity index (χ3v) is 5.18. The number of hydrogen-bond acceptors (Lipinski definition) is 2. The van der Waals surface area contributed by atoms with Gasteiger partial charge in [-0.15, -0.1) is 0 Å². The molecular weight excluding hydrogens is 266 g/mol. The average Bonchev–Trinajstić information content (AvgIpc) is 3.08. The van der Waals surface area contributed by atoms with E-state index in [4.69, 9.17) is 0 Å². The number of amides is 1. The molecule has 4 nitrogen and oxygen atoms in total. The van der Waals surface area contributed by atoms with Crippen LogP contribution in [0.25, 0.3) is 0 Å². The molecule has 0 unspecified atom stereocenters. The second kappa shape index (κ2) is 6.04. The fourth-order valence-corrected chi connectivity index (χ4v) is 4.11. The monoisotopic (exact) mass is 289 g/mol. The molecule has 114 valence electrons. The number of fused-ring (bicyclic) bond motifs is 2. The normalized spacial score (nSPS) is 33.8. The summed E-state index contributed by atoms with van der Waals surface area (Å²) in [7, 11) is 0. The number of carboxylic acids is 1. The van der Waals surface area contributed by atoms with E-state index < -0.39 is 11.9 Å². The molecule has 0 aliphatic heterocycles. The van der Waals surface area contributed by atoms with Crippen molar-refractivity contribution in [3.63, 3.8) is 0 Å². The molecule has 4 atom stereocenters. The Kier molecular flexibility index (Phi) is 4.13. The number of hydrogen-bond donors (Lipinski definition) is 2. The van der Waals surface area contributed by atoms with Crippen LogP contribution in [0.15, 0.2) is 23.8 Å². The SMILES string of the molecule is O=C(NCCC1=CCCCC1)[C@@H]1[C@H](C(=O)O)[C@H]2C=C[C@H]1C2. The molecule has 3 rings (SSSR count). The van der Waals surface area contributed by atoms with E-state index >= 15 is 0 Å². The number of carboxylic acid groups (broad SMARTS) is 1. The minimum atomic E-state index is -0.831. The minimum absolute atomic E-state index is 0.0457. The Morgan fingerprint density at radius 2 is 1.95 bits per heavy atom. The van der Waals surface area contributed by atoms with Gasteiger partial charge in [-0.05, 0) is 50.4 Å². The predicted molar refractivity (Wildman–Crippen MR) is 79.5 cm³/mol. The van der Waals surface area contributed by atoms with E-state index in [1.807, 2.05) is 12.2 Å². The summed E-state index contributed by atoms with van der Waals surface area (Å²) < 4.78 is 0. The van der Waals surface area contributed by atoms with Crippen LogP contribution in [0.2, 0.25) is 0 Å². The lowest BCUT2D eigenvalue weighted by Gasteiger charge is -2.24. The largest absolute Gasteiger partial charge is 0.481 e. The highest BCUT2D eigenvalue weighted by Crippen LogP contribution is 2.48. The number of allylic oxidation sites excluding steroid dienone is 3. The summed E-state index contributed by atoms with van der Waals surface area (Å²) >= 11 is 0. The molecule has 1 saturated carbocycles. The summed E-state index contributed by atoms with van der Waals surface area (Å²) in [6.07, 6.45) is 12.8. The number of carbonyl (C=O) groups excluding carboxylic acids is 1. The minimum Gasteiger partial charge on any atom is -0.481 e. The van der Waals surface area contributed by atoms with Crippen LogP contribution < -0.4 is 5.32 Å². The van der Waals surface area contributed by atoms with E-state index in [0.717, 1.165) is 25.7 Å². The standard InChI is InChI=1S/C17H23NO3/c19-16(18-9-8-11-4-2-1-3-5-11)14-12-6-7-13(10-12)15(14)17(20)21/h4,6-7,12-15H,1-3,5,8-10H2,(H,18,19)(H,20,21)/t12-,13-,14-,15+/m0/s1. The van der Waals surface area contributed by atoms with Crippen LogP contribution in [-0.4, -0.2) is 23.5 Å². The van der Waals surface area contributed by atoms with Gasteiger partial charge in [-0.2, -0.15) is 0 Å². The second-order valence-electron chi connectivity index (χ2n) is 6.49. The Morgan fingerprint density at radius 1 is 1.19 bits per heavy atom. The van der Waals surface area contributed by atoms with Crippen molar-refractivity contribution in [1.82, 2.24) is 5.32 Å². The predicted octanol–water partition coefficient (Wildman–Crippen LogP) is 2.52. The summed E-state index contributed by atoms with van der Waals surface area (Å²) in [4.78, 5) is 23.8. The number of nitrogens with one attached hydrogen (secondary N) is 1. The molecule has 0 heterocycles. The summed E-state index contributed by atoms with van der Waals surface area (Å²) in [5.74, 6) is -1.65. The van der Waals surface area contributed by atoms with Crippen LogP contribution in [0.4, 0.5) is 0 Å². The first-order chi connectivity index (χ1) is 10.2. The first-order valence-electron chi connectivity index (χ1n) is 8.03. The molecule has 1 amide bonds. The lowest BCUT2D eigenvalue weighted by atomic mass is 9.82. The summed E-state index contributed by atoms with van der Waals surface area (Å²) in [5.41, 5.74) is 1.43. The van der Waals surface area contributed by atoms with E-state index in [0.29, 0.717) is 6.54 Å². The zero-order valence-electron chi connectivity index (χ0n) is 12.3. The van der Waals surface area contributed by atoms with Gasteiger partial charge in [0.1, 0.15) is 0 Å². The number of carbonyl (C=O) groups is 2. The molecule has 3 aliphatic rings. The zero-order chi connectivity index (χ0) is 14.8. The van der Waals surface area contributed by atoms with Crippen molar-refractivity contribution in [2.75, 3.05) is 6.54 Å². The maximum atomic E-state index is 12.4. The molecule has 2 bridgehead atoms. The van der Waals surface area contributed by atoms with Crippen LogP contribution in [0.1, 0.15) is 38.5 Å². The molecule has 0 aromatic carbocycles. The van der Waals surface area contributed by atoms with E-state index in [2.05, 4.69) is 11.4 Å². The summed E-state index contributed by atoms with van der Waals surface area (Å²) in [5, 5.41) is 12.3. The van der Waals surface area contributed by atoms with Gasteiger partial charge in [0.15, 0.2) is 0 Å². The number of rotatable bonds is 5. The molecule has 0 spiro atoms. The molecule has 0 saturated heterocycles. The van der Waals surface area contributed by atoms with Gasteiger partial charge in [-0.1, -0.05) is 23.8 Å². The maximum Gasteiger partial charge on any atom is 0.307 e. The van der Waals surface area contributed by atoms with Crippen LogP contribution in [-0.2, 0) is 9.59 Å². The van der Waals surface area contributed by atoms with Gasteiger partial charge >= 0.3 is 5.97 Å². The van der Waals surface area contributed by atoms with Crippen molar-refractivity contribution in [3.8, 4) is 0 Å². The molecular formula is C17H23NO3. The molecule has 0 aromatic rings. The molecule has 0 aromatic heterocycles. The van der Waals surface area contributed by atoms with Crippen molar-refractivity contribution in [2.24, 2.45) is 23.7 Å². The van der Waals surface area contributed by atoms with Crippen molar-refractivity contribution < 1.29 is 14.7 Å². The fraction of sp³-hybridized carbons (Fsp3) is 0.647. The highest BCUT2D eigenvalue weighted by Gasteiger charge is 2.51. The van der Waals surface area contributed by atoms with Gasteiger partial charge in [0.25, 0.3) is 0 Å². The zero-order valence-corrected chi connectivity index (χ0v) is 12.3. The third kappa shape index (κ3) is 2.89. The highest BCUT2D eigenvalue weighted by molar-refractivity contribution is 5.86. The first kappa shape index (κ1) is 14.4. The van der Waals surface area contributed by atoms with Gasteiger partial charge in [0.2, 0.25) is 5.91 Å². The Labute approximate surface area is 125 Å². The molecule has 4 heteroatoms. The molecule has 0 radical (unpaired) electrons. The highest BCUT2D eigenvalue weighted by atomic mass is 16.4. The first-order valence-corrected chi connectivity index (χ1v) is 8.03. The van der Waals surface area contributed by atoms with Crippen molar-refractivity contribution in [3.05, 3.63) is 23.8 Å². The fourth-order valence-electron chi connectivity index (χ4n) is 4.11. The summed E-state index contributed by atoms with van der Waals surface area (Å²) in [6, 6.07) is 0. The lowest BCUT2D eigenvalue weighted by molar-refractivity contribution is -0.147. The Morgan fingerprint density at radius 3 is 2.62 bits per heavy atom. The number of aliphatic carboxylic acids is 1.